The second-order valence-corrected chi connectivity index (χ2v) is 4.55. The number of nitrogens with two attached hydrogens (primary N) is 1. The third-order valence-corrected chi connectivity index (χ3v) is 3.00. The van der Waals surface area contributed by atoms with Crippen LogP contribution in [0.1, 0.15) is 31.1 Å². The molecule has 16 heavy (non-hydrogen) atoms. The maximum absolute atomic E-state index is 14.2. The summed E-state index contributed by atoms with van der Waals surface area (Å²) >= 11 is 0. The maximum Gasteiger partial charge on any atom is 0.129 e. The third-order valence-electron chi connectivity index (χ3n) is 3.00. The second-order valence-electron chi connectivity index (χ2n) is 4.55. The van der Waals surface area contributed by atoms with Gasteiger partial charge >= 0.3 is 0 Å². The molecule has 0 bridgehead atoms. The fraction of sp³-hybridized carbons (Fsp3) is 0.538. The van der Waals surface area contributed by atoms with Crippen LogP contribution in [0, 0.1) is 24.6 Å². The van der Waals surface area contributed by atoms with E-state index in [0.717, 1.165) is 0 Å². The summed E-state index contributed by atoms with van der Waals surface area (Å²) in [5, 5.41) is 0. The summed E-state index contributed by atoms with van der Waals surface area (Å²) in [6.07, 6.45) is -1.12. The molecule has 2 N–H and O–H groups in total. The van der Waals surface area contributed by atoms with Crippen LogP contribution >= 0.6 is 0 Å². The third kappa shape index (κ3) is 2.79. The molecule has 2 unspecified atom stereocenters. The Labute approximate surface area is 95.7 Å². The van der Waals surface area contributed by atoms with Gasteiger partial charge in [0.15, 0.2) is 0 Å². The lowest BCUT2D eigenvalue weighted by Crippen LogP contribution is -2.24. The largest absolute Gasteiger partial charge is 0.330 e. The quantitative estimate of drug-likeness (QED) is 0.838. The van der Waals surface area contributed by atoms with Gasteiger partial charge in [-0.3, -0.25) is 0 Å². The minimum Gasteiger partial charge on any atom is -0.330 e. The molecule has 0 saturated heterocycles. The van der Waals surface area contributed by atoms with Crippen molar-refractivity contribution >= 4 is 0 Å². The summed E-state index contributed by atoms with van der Waals surface area (Å²) in [6.45, 7) is 5.83. The Balaban J connectivity index is 2.94. The molecule has 0 aliphatic heterocycles. The number of halogens is 2. The van der Waals surface area contributed by atoms with Gasteiger partial charge in [0.2, 0.25) is 0 Å². The van der Waals surface area contributed by atoms with E-state index in [4.69, 9.17) is 5.73 Å². The zero-order valence-electron chi connectivity index (χ0n) is 10.0. The van der Waals surface area contributed by atoms with Gasteiger partial charge in [-0.25, -0.2) is 8.78 Å². The summed E-state index contributed by atoms with van der Waals surface area (Å²) < 4.78 is 27.2. The van der Waals surface area contributed by atoms with E-state index in [-0.39, 0.29) is 17.7 Å². The lowest BCUT2D eigenvalue weighted by molar-refractivity contribution is 0.188. The molecule has 1 rings (SSSR count). The zero-order chi connectivity index (χ0) is 12.3. The summed E-state index contributed by atoms with van der Waals surface area (Å²) in [5.74, 6) is -0.347. The van der Waals surface area contributed by atoms with Crippen LogP contribution in [0.15, 0.2) is 18.2 Å². The van der Waals surface area contributed by atoms with E-state index in [2.05, 4.69) is 0 Å². The van der Waals surface area contributed by atoms with Crippen molar-refractivity contribution in [3.05, 3.63) is 35.1 Å². The number of hydrogen-bond donors (Lipinski definition) is 1. The number of aryl methyl sites for hydroxylation is 1. The monoisotopic (exact) mass is 227 g/mol. The van der Waals surface area contributed by atoms with Crippen LogP contribution in [0.4, 0.5) is 8.78 Å². The SMILES string of the molecule is Cc1cc(C(F)C(CN)C(C)C)ccc1F. The normalized spacial score (nSPS) is 15.2. The van der Waals surface area contributed by atoms with Crippen molar-refractivity contribution in [3.8, 4) is 0 Å². The van der Waals surface area contributed by atoms with Gasteiger partial charge in [0.1, 0.15) is 12.0 Å². The minimum atomic E-state index is -1.12. The molecule has 0 fully saturated rings. The second kappa shape index (κ2) is 5.39. The fourth-order valence-electron chi connectivity index (χ4n) is 1.82. The Morgan fingerprint density at radius 1 is 1.31 bits per heavy atom. The highest BCUT2D eigenvalue weighted by atomic mass is 19.1. The standard InChI is InChI=1S/C13H19F2N/c1-8(2)11(7-16)13(15)10-4-5-12(14)9(3)6-10/h4-6,8,11,13H,7,16H2,1-3H3. The van der Waals surface area contributed by atoms with Crippen molar-refractivity contribution < 1.29 is 8.78 Å². The Morgan fingerprint density at radius 3 is 2.38 bits per heavy atom. The van der Waals surface area contributed by atoms with Gasteiger partial charge in [-0.05, 0) is 36.6 Å². The first-order chi connectivity index (χ1) is 7.47. The Kier molecular flexibility index (Phi) is 4.42. The van der Waals surface area contributed by atoms with Crippen molar-refractivity contribution in [2.75, 3.05) is 6.54 Å². The molecule has 0 saturated carbocycles. The molecule has 1 aromatic rings. The molecule has 0 aliphatic rings. The topological polar surface area (TPSA) is 26.0 Å². The fourth-order valence-corrected chi connectivity index (χ4v) is 1.82. The molecule has 1 nitrogen and oxygen atoms in total. The Bertz CT molecular complexity index is 350. The van der Waals surface area contributed by atoms with Crippen LogP contribution in [0.2, 0.25) is 0 Å². The van der Waals surface area contributed by atoms with E-state index in [9.17, 15) is 8.78 Å². The highest BCUT2D eigenvalue weighted by Crippen LogP contribution is 2.31. The van der Waals surface area contributed by atoms with Gasteiger partial charge in [0.05, 0.1) is 0 Å². The number of hydrogen-bond acceptors (Lipinski definition) is 1. The maximum atomic E-state index is 14.2. The van der Waals surface area contributed by atoms with Gasteiger partial charge in [-0.1, -0.05) is 26.0 Å². The first-order valence-electron chi connectivity index (χ1n) is 5.57. The molecule has 0 amide bonds. The number of rotatable bonds is 4. The molecule has 0 aromatic heterocycles. The van der Waals surface area contributed by atoms with Gasteiger partial charge in [-0.2, -0.15) is 0 Å². The van der Waals surface area contributed by atoms with Gasteiger partial charge in [0.25, 0.3) is 0 Å². The van der Waals surface area contributed by atoms with Crippen LogP contribution in [-0.2, 0) is 0 Å². The highest BCUT2D eigenvalue weighted by molar-refractivity contribution is 5.26. The van der Waals surface area contributed by atoms with Gasteiger partial charge in [0, 0.05) is 5.92 Å². The Morgan fingerprint density at radius 2 is 1.94 bits per heavy atom. The summed E-state index contributed by atoms with van der Waals surface area (Å²) in [4.78, 5) is 0. The number of alkyl halides is 1. The molecule has 3 heteroatoms. The van der Waals surface area contributed by atoms with Crippen LogP contribution in [-0.4, -0.2) is 6.54 Å². The van der Waals surface area contributed by atoms with Crippen LogP contribution < -0.4 is 5.73 Å². The molecule has 0 radical (unpaired) electrons. The molecule has 0 heterocycles. The molecule has 0 aliphatic carbocycles. The van der Waals surface area contributed by atoms with E-state index in [1.165, 1.54) is 12.1 Å². The first kappa shape index (κ1) is 13.1. The van der Waals surface area contributed by atoms with E-state index < -0.39 is 6.17 Å². The van der Waals surface area contributed by atoms with Crippen LogP contribution in [0.25, 0.3) is 0 Å². The van der Waals surface area contributed by atoms with Crippen molar-refractivity contribution in [1.29, 1.82) is 0 Å². The average molecular weight is 227 g/mol. The molecule has 0 spiro atoms. The average Bonchev–Trinajstić information content (AvgIpc) is 2.22. The van der Waals surface area contributed by atoms with Crippen molar-refractivity contribution in [2.24, 2.45) is 17.6 Å². The predicted octanol–water partition coefficient (Wildman–Crippen LogP) is 3.38. The van der Waals surface area contributed by atoms with Crippen molar-refractivity contribution in [1.82, 2.24) is 0 Å². The van der Waals surface area contributed by atoms with Crippen molar-refractivity contribution in [2.45, 2.75) is 26.9 Å². The van der Waals surface area contributed by atoms with Crippen molar-refractivity contribution in [3.63, 3.8) is 0 Å². The lowest BCUT2D eigenvalue weighted by Gasteiger charge is -2.23. The predicted molar refractivity (Wildman–Crippen MR) is 62.4 cm³/mol. The molecule has 2 atom stereocenters. The summed E-state index contributed by atoms with van der Waals surface area (Å²) in [7, 11) is 0. The molecular formula is C13H19F2N. The zero-order valence-corrected chi connectivity index (χ0v) is 10.0. The van der Waals surface area contributed by atoms with Gasteiger partial charge in [-0.15, -0.1) is 0 Å². The van der Waals surface area contributed by atoms with Crippen LogP contribution in [0.3, 0.4) is 0 Å². The molecule has 1 aromatic carbocycles. The molecule has 90 valence electrons. The Hall–Kier alpha value is -0.960. The smallest absolute Gasteiger partial charge is 0.129 e. The van der Waals surface area contributed by atoms with E-state index in [0.29, 0.717) is 17.7 Å². The van der Waals surface area contributed by atoms with E-state index in [1.807, 2.05) is 13.8 Å². The molecular weight excluding hydrogens is 208 g/mol. The van der Waals surface area contributed by atoms with Gasteiger partial charge < -0.3 is 5.73 Å². The van der Waals surface area contributed by atoms with E-state index in [1.54, 1.807) is 13.0 Å². The van der Waals surface area contributed by atoms with Crippen LogP contribution in [0.5, 0.6) is 0 Å². The minimum absolute atomic E-state index is 0.172. The number of benzene rings is 1. The highest BCUT2D eigenvalue weighted by Gasteiger charge is 2.24. The van der Waals surface area contributed by atoms with E-state index >= 15 is 0 Å². The summed E-state index contributed by atoms with van der Waals surface area (Å²) in [5.41, 5.74) is 6.55. The summed E-state index contributed by atoms with van der Waals surface area (Å²) in [6, 6.07) is 4.37. The lowest BCUT2D eigenvalue weighted by atomic mass is 9.87. The first-order valence-corrected chi connectivity index (χ1v) is 5.57.